The van der Waals surface area contributed by atoms with E-state index in [4.69, 9.17) is 0 Å². The molecule has 0 spiro atoms. The number of benzene rings is 1. The van der Waals surface area contributed by atoms with Crippen LogP contribution >= 0.6 is 11.8 Å². The number of hydrogen-bond acceptors (Lipinski definition) is 5. The minimum Gasteiger partial charge on any atom is -0.494 e. The average molecular weight is 365 g/mol. The van der Waals surface area contributed by atoms with Crippen LogP contribution in [-0.4, -0.2) is 25.0 Å². The van der Waals surface area contributed by atoms with Crippen molar-refractivity contribution in [1.29, 1.82) is 0 Å². The normalized spacial score (nSPS) is 11.8. The molecule has 0 aliphatic heterocycles. The number of aromatic hydroxyl groups is 1. The van der Waals surface area contributed by atoms with Gasteiger partial charge in [0.05, 0.1) is 5.69 Å². The van der Waals surface area contributed by atoms with Gasteiger partial charge in [-0.15, -0.1) is 11.8 Å². The van der Waals surface area contributed by atoms with E-state index < -0.39 is 17.1 Å². The second kappa shape index (κ2) is 8.15. The van der Waals surface area contributed by atoms with Gasteiger partial charge in [0.15, 0.2) is 0 Å². The zero-order valence-electron chi connectivity index (χ0n) is 14.3. The van der Waals surface area contributed by atoms with Crippen LogP contribution < -0.4 is 11.2 Å². The highest BCUT2D eigenvalue weighted by molar-refractivity contribution is 8.14. The molecule has 25 heavy (non-hydrogen) atoms. The number of halogens is 1. The third-order valence-corrected chi connectivity index (χ3v) is 4.70. The topological polar surface area (TPSA) is 76.6 Å². The summed E-state index contributed by atoms with van der Waals surface area (Å²) in [4.78, 5) is 28.8. The number of aromatic nitrogens is 2. The molecule has 0 saturated heterocycles. The van der Waals surface area contributed by atoms with E-state index in [1.165, 1.54) is 50.1 Å². The lowest BCUT2D eigenvalue weighted by molar-refractivity contribution is 0.410. The zero-order chi connectivity index (χ0) is 18.6. The standard InChI is InChI=1S/C17H20FN3O3S/c1-4-5-10-25-14(19-12-8-6-11(18)7-9-12)13-15(22)20(2)17(24)21(3)16(13)23/h6-9,22H,4-5,10H2,1-3H3. The molecule has 1 aromatic carbocycles. The predicted octanol–water partition coefficient (Wildman–Crippen LogP) is 2.54. The summed E-state index contributed by atoms with van der Waals surface area (Å²) in [5.41, 5.74) is -0.817. The Kier molecular flexibility index (Phi) is 6.19. The van der Waals surface area contributed by atoms with Gasteiger partial charge in [0.1, 0.15) is 16.4 Å². The van der Waals surface area contributed by atoms with Crippen molar-refractivity contribution in [2.45, 2.75) is 19.8 Å². The van der Waals surface area contributed by atoms with Crippen molar-refractivity contribution >= 4 is 22.5 Å². The molecule has 8 heteroatoms. The molecule has 0 atom stereocenters. The summed E-state index contributed by atoms with van der Waals surface area (Å²) in [6.07, 6.45) is 1.87. The number of hydrogen-bond donors (Lipinski definition) is 1. The molecular formula is C17H20FN3O3S. The van der Waals surface area contributed by atoms with Crippen LogP contribution in [0.4, 0.5) is 10.1 Å². The van der Waals surface area contributed by atoms with Gasteiger partial charge in [-0.1, -0.05) is 13.3 Å². The Morgan fingerprint density at radius 2 is 1.84 bits per heavy atom. The average Bonchev–Trinajstić information content (AvgIpc) is 2.60. The van der Waals surface area contributed by atoms with Gasteiger partial charge in [0, 0.05) is 14.1 Å². The Morgan fingerprint density at radius 1 is 1.20 bits per heavy atom. The van der Waals surface area contributed by atoms with Crippen LogP contribution in [0.5, 0.6) is 5.88 Å². The molecule has 0 fully saturated rings. The molecule has 0 aliphatic rings. The van der Waals surface area contributed by atoms with Crippen molar-refractivity contribution in [1.82, 2.24) is 9.13 Å². The number of rotatable bonds is 5. The zero-order valence-corrected chi connectivity index (χ0v) is 15.1. The lowest BCUT2D eigenvalue weighted by atomic mass is 10.3. The number of nitrogens with zero attached hydrogens (tertiary/aromatic N) is 3. The molecule has 6 nitrogen and oxygen atoms in total. The number of aliphatic imine (C=N–C) groups is 1. The fraction of sp³-hybridized carbons (Fsp3) is 0.353. The summed E-state index contributed by atoms with van der Waals surface area (Å²) in [6, 6.07) is 5.51. The lowest BCUT2D eigenvalue weighted by Crippen LogP contribution is -2.39. The van der Waals surface area contributed by atoms with E-state index in [9.17, 15) is 19.1 Å². The predicted molar refractivity (Wildman–Crippen MR) is 98.6 cm³/mol. The highest BCUT2D eigenvalue weighted by Gasteiger charge is 2.20. The third kappa shape index (κ3) is 4.19. The van der Waals surface area contributed by atoms with Gasteiger partial charge in [0.2, 0.25) is 5.88 Å². The minimum absolute atomic E-state index is 0.0324. The van der Waals surface area contributed by atoms with E-state index in [0.717, 1.165) is 22.0 Å². The fourth-order valence-corrected chi connectivity index (χ4v) is 3.25. The summed E-state index contributed by atoms with van der Waals surface area (Å²) in [5.74, 6) is -0.125. The summed E-state index contributed by atoms with van der Waals surface area (Å²) in [5, 5.41) is 10.6. The smallest absolute Gasteiger partial charge is 0.333 e. The molecule has 1 heterocycles. The van der Waals surface area contributed by atoms with E-state index >= 15 is 0 Å². The van der Waals surface area contributed by atoms with E-state index in [1.807, 2.05) is 6.92 Å². The fourth-order valence-electron chi connectivity index (χ4n) is 2.13. The van der Waals surface area contributed by atoms with E-state index in [1.54, 1.807) is 0 Å². The molecule has 0 saturated carbocycles. The van der Waals surface area contributed by atoms with Crippen LogP contribution in [0.3, 0.4) is 0 Å². The van der Waals surface area contributed by atoms with Gasteiger partial charge in [-0.3, -0.25) is 13.9 Å². The van der Waals surface area contributed by atoms with Crippen LogP contribution in [0.2, 0.25) is 0 Å². The van der Waals surface area contributed by atoms with E-state index in [-0.39, 0.29) is 11.4 Å². The first kappa shape index (κ1) is 19.0. The summed E-state index contributed by atoms with van der Waals surface area (Å²) >= 11 is 1.32. The van der Waals surface area contributed by atoms with Crippen LogP contribution in [0.15, 0.2) is 38.8 Å². The quantitative estimate of drug-likeness (QED) is 0.502. The molecule has 0 amide bonds. The van der Waals surface area contributed by atoms with Crippen molar-refractivity contribution in [3.63, 3.8) is 0 Å². The van der Waals surface area contributed by atoms with Crippen molar-refractivity contribution < 1.29 is 9.50 Å². The van der Waals surface area contributed by atoms with Crippen LogP contribution in [0.25, 0.3) is 0 Å². The first-order chi connectivity index (χ1) is 11.9. The van der Waals surface area contributed by atoms with Crippen LogP contribution in [0, 0.1) is 5.82 Å². The summed E-state index contributed by atoms with van der Waals surface area (Å²) < 4.78 is 15.0. The van der Waals surface area contributed by atoms with Gasteiger partial charge in [-0.25, -0.2) is 14.2 Å². The molecule has 1 N–H and O–H groups in total. The Balaban J connectivity index is 2.62. The van der Waals surface area contributed by atoms with E-state index in [0.29, 0.717) is 16.5 Å². The van der Waals surface area contributed by atoms with Gasteiger partial charge in [-0.05, 0) is 36.4 Å². The molecule has 0 unspecified atom stereocenters. The Hall–Kier alpha value is -2.35. The molecule has 0 bridgehead atoms. The SMILES string of the molecule is CCCCSC(=Nc1ccc(F)cc1)c1c(O)n(C)c(=O)n(C)c1=O. The molecule has 2 aromatic rings. The van der Waals surface area contributed by atoms with Crippen molar-refractivity contribution in [3.8, 4) is 5.88 Å². The van der Waals surface area contributed by atoms with Crippen molar-refractivity contribution in [3.05, 3.63) is 56.5 Å². The molecule has 134 valence electrons. The Morgan fingerprint density at radius 3 is 2.44 bits per heavy atom. The highest BCUT2D eigenvalue weighted by Crippen LogP contribution is 2.23. The van der Waals surface area contributed by atoms with Gasteiger partial charge < -0.3 is 5.11 Å². The molecule has 0 aliphatic carbocycles. The highest BCUT2D eigenvalue weighted by atomic mass is 32.2. The van der Waals surface area contributed by atoms with Crippen LogP contribution in [0.1, 0.15) is 25.3 Å². The minimum atomic E-state index is -0.620. The second-order valence-corrected chi connectivity index (χ2v) is 6.58. The summed E-state index contributed by atoms with van der Waals surface area (Å²) in [6.45, 7) is 2.04. The Bertz CT molecular complexity index is 901. The number of thioether (sulfide) groups is 1. The molecular weight excluding hydrogens is 345 g/mol. The monoisotopic (exact) mass is 365 g/mol. The van der Waals surface area contributed by atoms with E-state index in [2.05, 4.69) is 4.99 Å². The largest absolute Gasteiger partial charge is 0.494 e. The first-order valence-corrected chi connectivity index (χ1v) is 8.81. The first-order valence-electron chi connectivity index (χ1n) is 7.83. The molecule has 1 aromatic heterocycles. The van der Waals surface area contributed by atoms with Crippen LogP contribution in [-0.2, 0) is 14.1 Å². The van der Waals surface area contributed by atoms with Gasteiger partial charge in [0.25, 0.3) is 5.56 Å². The third-order valence-electron chi connectivity index (χ3n) is 3.64. The molecule has 2 rings (SSSR count). The maximum atomic E-state index is 13.1. The Labute approximate surface area is 148 Å². The van der Waals surface area contributed by atoms with Crippen molar-refractivity contribution in [2.75, 3.05) is 5.75 Å². The van der Waals surface area contributed by atoms with Gasteiger partial charge >= 0.3 is 5.69 Å². The second-order valence-electron chi connectivity index (χ2n) is 5.50. The maximum absolute atomic E-state index is 13.1. The lowest BCUT2D eigenvalue weighted by Gasteiger charge is -2.12. The maximum Gasteiger partial charge on any atom is 0.333 e. The van der Waals surface area contributed by atoms with Gasteiger partial charge in [-0.2, -0.15) is 0 Å². The summed E-state index contributed by atoms with van der Waals surface area (Å²) in [7, 11) is 2.73. The van der Waals surface area contributed by atoms with Crippen molar-refractivity contribution in [2.24, 2.45) is 19.1 Å². The molecule has 0 radical (unpaired) electrons. The number of unbranched alkanes of at least 4 members (excludes halogenated alkanes) is 1.